The van der Waals surface area contributed by atoms with E-state index < -0.39 is 4.46 Å². The van der Waals surface area contributed by atoms with Crippen molar-refractivity contribution in [1.29, 1.82) is 0 Å². The molecule has 0 radical (unpaired) electrons. The molecule has 4 heteroatoms. The van der Waals surface area contributed by atoms with Gasteiger partial charge in [-0.05, 0) is 5.56 Å². The smallest absolute Gasteiger partial charge is 0.192 e. The molecule has 1 aromatic carbocycles. The molecule has 66 valence electrons. The Morgan fingerprint density at radius 1 is 1.33 bits per heavy atom. The van der Waals surface area contributed by atoms with Crippen LogP contribution in [0.1, 0.15) is 11.1 Å². The molecule has 3 N–H and O–H groups in total. The molecule has 0 fully saturated rings. The summed E-state index contributed by atoms with van der Waals surface area (Å²) in [6.07, 6.45) is 0. The first-order valence-electron chi connectivity index (χ1n) is 3.41. The molecule has 0 heterocycles. The molecular formula is C8H9Cl2NO. The van der Waals surface area contributed by atoms with E-state index in [0.717, 1.165) is 0 Å². The molecule has 0 spiro atoms. The van der Waals surface area contributed by atoms with Crippen molar-refractivity contribution in [3.8, 4) is 0 Å². The van der Waals surface area contributed by atoms with Gasteiger partial charge < -0.3 is 5.11 Å². The van der Waals surface area contributed by atoms with E-state index in [0.29, 0.717) is 11.1 Å². The summed E-state index contributed by atoms with van der Waals surface area (Å²) in [4.78, 5) is 0. The number of rotatable bonds is 2. The highest BCUT2D eigenvalue weighted by atomic mass is 35.5. The Balaban J connectivity index is 3.14. The van der Waals surface area contributed by atoms with Gasteiger partial charge in [-0.1, -0.05) is 47.5 Å². The van der Waals surface area contributed by atoms with Crippen molar-refractivity contribution in [2.24, 2.45) is 5.73 Å². The SMILES string of the molecule is NC(Cl)(Cl)c1ccccc1CO. The van der Waals surface area contributed by atoms with E-state index in [-0.39, 0.29) is 6.61 Å². The van der Waals surface area contributed by atoms with Crippen LogP contribution in [-0.2, 0) is 11.1 Å². The molecule has 0 unspecified atom stereocenters. The first-order valence-corrected chi connectivity index (χ1v) is 4.17. The lowest BCUT2D eigenvalue weighted by Crippen LogP contribution is -2.24. The molecule has 1 rings (SSSR count). The van der Waals surface area contributed by atoms with Gasteiger partial charge in [0, 0.05) is 5.56 Å². The van der Waals surface area contributed by atoms with Crippen molar-refractivity contribution in [3.63, 3.8) is 0 Å². The molecule has 0 aliphatic carbocycles. The summed E-state index contributed by atoms with van der Waals surface area (Å²) in [6, 6.07) is 6.96. The lowest BCUT2D eigenvalue weighted by molar-refractivity contribution is 0.280. The second-order valence-corrected chi connectivity index (χ2v) is 3.82. The maximum atomic E-state index is 8.91. The monoisotopic (exact) mass is 205 g/mol. The first kappa shape index (κ1) is 9.81. The zero-order valence-corrected chi connectivity index (χ0v) is 7.81. The van der Waals surface area contributed by atoms with Crippen molar-refractivity contribution < 1.29 is 5.11 Å². The van der Waals surface area contributed by atoms with Crippen molar-refractivity contribution in [3.05, 3.63) is 35.4 Å². The Kier molecular flexibility index (Phi) is 2.96. The number of hydrogen-bond donors (Lipinski definition) is 2. The summed E-state index contributed by atoms with van der Waals surface area (Å²) in [5.41, 5.74) is 6.63. The van der Waals surface area contributed by atoms with Gasteiger partial charge >= 0.3 is 0 Å². The summed E-state index contributed by atoms with van der Waals surface area (Å²) in [5.74, 6) is 0. The summed E-state index contributed by atoms with van der Waals surface area (Å²) in [5, 5.41) is 8.91. The van der Waals surface area contributed by atoms with E-state index in [4.69, 9.17) is 34.0 Å². The fraction of sp³-hybridized carbons (Fsp3) is 0.250. The predicted octanol–water partition coefficient (Wildman–Crippen LogP) is 1.73. The number of halogens is 2. The third kappa shape index (κ3) is 2.11. The van der Waals surface area contributed by atoms with E-state index in [1.807, 2.05) is 0 Å². The minimum atomic E-state index is -1.43. The van der Waals surface area contributed by atoms with Gasteiger partial charge in [0.2, 0.25) is 0 Å². The van der Waals surface area contributed by atoms with E-state index in [1.165, 1.54) is 0 Å². The van der Waals surface area contributed by atoms with Crippen LogP contribution in [0.2, 0.25) is 0 Å². The topological polar surface area (TPSA) is 46.2 Å². The van der Waals surface area contributed by atoms with Gasteiger partial charge in [-0.3, -0.25) is 5.73 Å². The molecule has 0 bridgehead atoms. The number of aliphatic hydroxyl groups is 1. The van der Waals surface area contributed by atoms with Crippen LogP contribution >= 0.6 is 23.2 Å². The normalized spacial score (nSPS) is 11.7. The molecule has 0 saturated carbocycles. The lowest BCUT2D eigenvalue weighted by Gasteiger charge is -2.16. The quantitative estimate of drug-likeness (QED) is 0.571. The summed E-state index contributed by atoms with van der Waals surface area (Å²) in [6.45, 7) is -0.117. The molecule has 0 atom stereocenters. The Morgan fingerprint density at radius 2 is 1.92 bits per heavy atom. The predicted molar refractivity (Wildman–Crippen MR) is 49.9 cm³/mol. The van der Waals surface area contributed by atoms with Crippen LogP contribution in [0.15, 0.2) is 24.3 Å². The van der Waals surface area contributed by atoms with E-state index in [2.05, 4.69) is 0 Å². The van der Waals surface area contributed by atoms with Crippen LogP contribution in [0.3, 0.4) is 0 Å². The minimum absolute atomic E-state index is 0.117. The molecule has 2 nitrogen and oxygen atoms in total. The Bertz CT molecular complexity index is 270. The van der Waals surface area contributed by atoms with Gasteiger partial charge in [0.1, 0.15) is 0 Å². The van der Waals surface area contributed by atoms with Crippen LogP contribution in [0.4, 0.5) is 0 Å². The molecule has 0 aromatic heterocycles. The lowest BCUT2D eigenvalue weighted by atomic mass is 10.1. The van der Waals surface area contributed by atoms with Gasteiger partial charge in [-0.15, -0.1) is 0 Å². The summed E-state index contributed by atoms with van der Waals surface area (Å²) >= 11 is 11.3. The highest BCUT2D eigenvalue weighted by molar-refractivity contribution is 6.47. The molecule has 1 aromatic rings. The third-order valence-corrected chi connectivity index (χ3v) is 1.95. The summed E-state index contributed by atoms with van der Waals surface area (Å²) in [7, 11) is 0. The zero-order chi connectivity index (χ0) is 9.19. The van der Waals surface area contributed by atoms with Crippen molar-refractivity contribution in [1.82, 2.24) is 0 Å². The Labute approximate surface area is 80.9 Å². The average molecular weight is 206 g/mol. The Morgan fingerprint density at radius 3 is 2.33 bits per heavy atom. The third-order valence-electron chi connectivity index (χ3n) is 1.55. The number of aliphatic hydroxyl groups excluding tert-OH is 1. The highest BCUT2D eigenvalue weighted by Gasteiger charge is 2.22. The second kappa shape index (κ2) is 3.62. The molecule has 0 aliphatic heterocycles. The number of nitrogens with two attached hydrogens (primary N) is 1. The van der Waals surface area contributed by atoms with Crippen LogP contribution in [0.5, 0.6) is 0 Å². The molecule has 0 saturated heterocycles. The maximum Gasteiger partial charge on any atom is 0.192 e. The second-order valence-electron chi connectivity index (χ2n) is 2.44. The fourth-order valence-electron chi connectivity index (χ4n) is 0.983. The fourth-order valence-corrected chi connectivity index (χ4v) is 1.35. The van der Waals surface area contributed by atoms with Crippen LogP contribution < -0.4 is 5.73 Å². The standard InChI is InChI=1S/C8H9Cl2NO/c9-8(10,11)7-4-2-1-3-6(7)5-12/h1-4,12H,5,11H2. The van der Waals surface area contributed by atoms with Crippen molar-refractivity contribution >= 4 is 23.2 Å². The molecule has 0 aliphatic rings. The van der Waals surface area contributed by atoms with Crippen LogP contribution in [-0.4, -0.2) is 5.11 Å². The minimum Gasteiger partial charge on any atom is -0.392 e. The van der Waals surface area contributed by atoms with Gasteiger partial charge in [0.05, 0.1) is 6.61 Å². The number of benzene rings is 1. The van der Waals surface area contributed by atoms with E-state index >= 15 is 0 Å². The van der Waals surface area contributed by atoms with Gasteiger partial charge in [-0.2, -0.15) is 0 Å². The van der Waals surface area contributed by atoms with Gasteiger partial charge in [-0.25, -0.2) is 0 Å². The highest BCUT2D eigenvalue weighted by Crippen LogP contribution is 2.29. The van der Waals surface area contributed by atoms with Gasteiger partial charge in [0.15, 0.2) is 4.46 Å². The van der Waals surface area contributed by atoms with Crippen molar-refractivity contribution in [2.45, 2.75) is 11.1 Å². The van der Waals surface area contributed by atoms with Gasteiger partial charge in [0.25, 0.3) is 0 Å². The van der Waals surface area contributed by atoms with Crippen LogP contribution in [0.25, 0.3) is 0 Å². The molecular weight excluding hydrogens is 197 g/mol. The van der Waals surface area contributed by atoms with E-state index in [1.54, 1.807) is 24.3 Å². The van der Waals surface area contributed by atoms with Crippen molar-refractivity contribution in [2.75, 3.05) is 0 Å². The van der Waals surface area contributed by atoms with Crippen LogP contribution in [0, 0.1) is 0 Å². The Hall–Kier alpha value is -0.280. The van der Waals surface area contributed by atoms with E-state index in [9.17, 15) is 0 Å². The number of hydrogen-bond acceptors (Lipinski definition) is 2. The summed E-state index contributed by atoms with van der Waals surface area (Å²) < 4.78 is -1.43. The maximum absolute atomic E-state index is 8.91. The first-order chi connectivity index (χ1) is 5.55. The zero-order valence-electron chi connectivity index (χ0n) is 6.30. The average Bonchev–Trinajstić information content (AvgIpc) is 2.03. The largest absolute Gasteiger partial charge is 0.392 e. The number of alkyl halides is 2. The molecule has 0 amide bonds. The molecule has 12 heavy (non-hydrogen) atoms.